The molecule has 0 spiro atoms. The predicted molar refractivity (Wildman–Crippen MR) is 68.6 cm³/mol. The maximum absolute atomic E-state index is 5.84. The summed E-state index contributed by atoms with van der Waals surface area (Å²) in [7, 11) is 1.70. The zero-order valence-electron chi connectivity index (χ0n) is 9.66. The predicted octanol–water partition coefficient (Wildman–Crippen LogP) is 2.89. The monoisotopic (exact) mass is 239 g/mol. The Morgan fingerprint density at radius 3 is 2.62 bits per heavy atom. The fraction of sp³-hybridized carbons (Fsp3) is 0.385. The van der Waals surface area contributed by atoms with Gasteiger partial charge in [0.15, 0.2) is 0 Å². The molecule has 0 amide bonds. The van der Waals surface area contributed by atoms with Gasteiger partial charge in [-0.15, -0.1) is 0 Å². The van der Waals surface area contributed by atoms with Gasteiger partial charge >= 0.3 is 0 Å². The summed E-state index contributed by atoms with van der Waals surface area (Å²) in [5.41, 5.74) is 1.27. The number of rotatable bonds is 7. The van der Waals surface area contributed by atoms with Crippen molar-refractivity contribution in [1.29, 1.82) is 0 Å². The van der Waals surface area contributed by atoms with E-state index in [0.717, 1.165) is 13.1 Å². The SMILES string of the molecule is C=C(Cl)CN(CCOC)Cc1ccccc1. The maximum Gasteiger partial charge on any atom is 0.0589 e. The average Bonchev–Trinajstić information content (AvgIpc) is 2.26. The Morgan fingerprint density at radius 1 is 1.38 bits per heavy atom. The molecule has 0 aliphatic rings. The standard InChI is InChI=1S/C13H18ClNO/c1-12(14)10-15(8-9-16-2)11-13-6-4-3-5-7-13/h3-7H,1,8-11H2,2H3. The van der Waals surface area contributed by atoms with Crippen LogP contribution in [0.25, 0.3) is 0 Å². The highest BCUT2D eigenvalue weighted by atomic mass is 35.5. The highest BCUT2D eigenvalue weighted by molar-refractivity contribution is 6.29. The Balaban J connectivity index is 2.52. The first-order valence-electron chi connectivity index (χ1n) is 5.31. The van der Waals surface area contributed by atoms with Gasteiger partial charge in [-0.05, 0) is 5.56 Å². The average molecular weight is 240 g/mol. The van der Waals surface area contributed by atoms with Gasteiger partial charge in [0.1, 0.15) is 0 Å². The van der Waals surface area contributed by atoms with Crippen molar-refractivity contribution in [2.45, 2.75) is 6.54 Å². The lowest BCUT2D eigenvalue weighted by Crippen LogP contribution is -2.28. The van der Waals surface area contributed by atoms with Crippen molar-refractivity contribution in [3.8, 4) is 0 Å². The molecule has 2 nitrogen and oxygen atoms in total. The minimum Gasteiger partial charge on any atom is -0.383 e. The van der Waals surface area contributed by atoms with Gasteiger partial charge in [0.2, 0.25) is 0 Å². The van der Waals surface area contributed by atoms with Gasteiger partial charge in [-0.25, -0.2) is 0 Å². The van der Waals surface area contributed by atoms with Crippen LogP contribution in [0.1, 0.15) is 5.56 Å². The number of ether oxygens (including phenoxy) is 1. The summed E-state index contributed by atoms with van der Waals surface area (Å²) in [6, 6.07) is 10.3. The van der Waals surface area contributed by atoms with E-state index in [-0.39, 0.29) is 0 Å². The van der Waals surface area contributed by atoms with Gasteiger partial charge in [-0.1, -0.05) is 48.5 Å². The highest BCUT2D eigenvalue weighted by Crippen LogP contribution is 2.08. The summed E-state index contributed by atoms with van der Waals surface area (Å²) in [5.74, 6) is 0. The first-order chi connectivity index (χ1) is 7.72. The van der Waals surface area contributed by atoms with Crippen LogP contribution in [0.5, 0.6) is 0 Å². The van der Waals surface area contributed by atoms with Crippen molar-refractivity contribution < 1.29 is 4.74 Å². The third-order valence-electron chi connectivity index (χ3n) is 2.26. The van der Waals surface area contributed by atoms with Gasteiger partial charge in [0, 0.05) is 31.8 Å². The molecular weight excluding hydrogens is 222 g/mol. The molecular formula is C13H18ClNO. The van der Waals surface area contributed by atoms with Crippen molar-refractivity contribution in [2.24, 2.45) is 0 Å². The molecule has 0 aliphatic carbocycles. The molecule has 0 aliphatic heterocycles. The Hall–Kier alpha value is -0.830. The van der Waals surface area contributed by atoms with Crippen LogP contribution in [0.15, 0.2) is 41.9 Å². The van der Waals surface area contributed by atoms with E-state index < -0.39 is 0 Å². The molecule has 0 unspecified atom stereocenters. The molecule has 0 N–H and O–H groups in total. The topological polar surface area (TPSA) is 12.5 Å². The normalized spacial score (nSPS) is 10.7. The van der Waals surface area contributed by atoms with Crippen LogP contribution in [0.4, 0.5) is 0 Å². The van der Waals surface area contributed by atoms with Crippen LogP contribution in [-0.4, -0.2) is 31.7 Å². The van der Waals surface area contributed by atoms with Crippen LogP contribution in [0, 0.1) is 0 Å². The van der Waals surface area contributed by atoms with Crippen LogP contribution >= 0.6 is 11.6 Å². The van der Waals surface area contributed by atoms with E-state index >= 15 is 0 Å². The highest BCUT2D eigenvalue weighted by Gasteiger charge is 2.06. The molecule has 1 aromatic rings. The lowest BCUT2D eigenvalue weighted by molar-refractivity contribution is 0.150. The molecule has 0 atom stereocenters. The molecule has 0 bridgehead atoms. The van der Waals surface area contributed by atoms with E-state index in [2.05, 4.69) is 23.6 Å². The fourth-order valence-corrected chi connectivity index (χ4v) is 1.69. The molecule has 0 heterocycles. The second-order valence-corrected chi connectivity index (χ2v) is 4.24. The number of nitrogens with zero attached hydrogens (tertiary/aromatic N) is 1. The second-order valence-electron chi connectivity index (χ2n) is 3.71. The first-order valence-corrected chi connectivity index (χ1v) is 5.68. The second kappa shape index (κ2) is 7.44. The number of hydrogen-bond donors (Lipinski definition) is 0. The molecule has 88 valence electrons. The Morgan fingerprint density at radius 2 is 2.06 bits per heavy atom. The zero-order valence-corrected chi connectivity index (χ0v) is 10.4. The van der Waals surface area contributed by atoms with E-state index in [9.17, 15) is 0 Å². The molecule has 0 saturated heterocycles. The van der Waals surface area contributed by atoms with Gasteiger partial charge in [0.05, 0.1) is 6.61 Å². The van der Waals surface area contributed by atoms with E-state index in [1.807, 2.05) is 18.2 Å². The smallest absolute Gasteiger partial charge is 0.0589 e. The van der Waals surface area contributed by atoms with Crippen LogP contribution in [0.2, 0.25) is 0 Å². The van der Waals surface area contributed by atoms with E-state index in [0.29, 0.717) is 18.2 Å². The van der Waals surface area contributed by atoms with Crippen molar-refractivity contribution in [3.05, 3.63) is 47.5 Å². The van der Waals surface area contributed by atoms with E-state index in [1.54, 1.807) is 7.11 Å². The van der Waals surface area contributed by atoms with Gasteiger partial charge < -0.3 is 4.74 Å². The first kappa shape index (κ1) is 13.2. The quantitative estimate of drug-likeness (QED) is 0.726. The molecule has 0 aromatic heterocycles. The Labute approximate surface area is 102 Å². The van der Waals surface area contributed by atoms with Gasteiger partial charge in [-0.3, -0.25) is 4.90 Å². The van der Waals surface area contributed by atoms with Crippen molar-refractivity contribution in [3.63, 3.8) is 0 Å². The number of hydrogen-bond acceptors (Lipinski definition) is 2. The number of halogens is 1. The summed E-state index contributed by atoms with van der Waals surface area (Å²) in [6.45, 7) is 6.86. The minimum atomic E-state index is 0.659. The van der Waals surface area contributed by atoms with Gasteiger partial charge in [-0.2, -0.15) is 0 Å². The van der Waals surface area contributed by atoms with Crippen LogP contribution in [-0.2, 0) is 11.3 Å². The van der Waals surface area contributed by atoms with Crippen molar-refractivity contribution >= 4 is 11.6 Å². The summed E-state index contributed by atoms with van der Waals surface area (Å²) in [6.07, 6.45) is 0. The molecule has 16 heavy (non-hydrogen) atoms. The minimum absolute atomic E-state index is 0.659. The van der Waals surface area contributed by atoms with Crippen molar-refractivity contribution in [2.75, 3.05) is 26.8 Å². The van der Waals surface area contributed by atoms with Crippen LogP contribution in [0.3, 0.4) is 0 Å². The molecule has 1 rings (SSSR count). The summed E-state index contributed by atoms with van der Waals surface area (Å²) in [5, 5.41) is 0.659. The largest absolute Gasteiger partial charge is 0.383 e. The molecule has 0 saturated carbocycles. The Kier molecular flexibility index (Phi) is 6.16. The zero-order chi connectivity index (χ0) is 11.8. The summed E-state index contributed by atoms with van der Waals surface area (Å²) in [4.78, 5) is 2.22. The third kappa shape index (κ3) is 5.31. The van der Waals surface area contributed by atoms with E-state index in [1.165, 1.54) is 5.56 Å². The molecule has 0 fully saturated rings. The van der Waals surface area contributed by atoms with E-state index in [4.69, 9.17) is 16.3 Å². The number of benzene rings is 1. The fourth-order valence-electron chi connectivity index (χ4n) is 1.52. The Bertz CT molecular complexity index is 313. The lowest BCUT2D eigenvalue weighted by Gasteiger charge is -2.21. The van der Waals surface area contributed by atoms with Crippen LogP contribution < -0.4 is 0 Å². The lowest BCUT2D eigenvalue weighted by atomic mass is 10.2. The molecule has 0 radical (unpaired) electrons. The third-order valence-corrected chi connectivity index (χ3v) is 2.38. The van der Waals surface area contributed by atoms with Gasteiger partial charge in [0.25, 0.3) is 0 Å². The number of methoxy groups -OCH3 is 1. The summed E-state index contributed by atoms with van der Waals surface area (Å²) >= 11 is 5.84. The summed E-state index contributed by atoms with van der Waals surface area (Å²) < 4.78 is 5.08. The van der Waals surface area contributed by atoms with Crippen molar-refractivity contribution in [1.82, 2.24) is 4.90 Å². The maximum atomic E-state index is 5.84. The molecule has 3 heteroatoms. The molecule has 1 aromatic carbocycles.